The third-order valence-corrected chi connectivity index (χ3v) is 2.44. The van der Waals surface area contributed by atoms with E-state index in [0.29, 0.717) is 0 Å². The molecule has 0 fully saturated rings. The van der Waals surface area contributed by atoms with E-state index in [1.807, 2.05) is 0 Å². The van der Waals surface area contributed by atoms with Crippen molar-refractivity contribution in [2.24, 2.45) is 5.73 Å². The number of carboxylic acids is 1. The molecule has 0 aliphatic heterocycles. The van der Waals surface area contributed by atoms with Crippen LogP contribution in [0.4, 0.5) is 10.1 Å². The summed E-state index contributed by atoms with van der Waals surface area (Å²) in [7, 11) is 0. The van der Waals surface area contributed by atoms with E-state index in [2.05, 4.69) is 5.10 Å². The minimum absolute atomic E-state index is 0.0619. The molecule has 0 saturated carbocycles. The highest BCUT2D eigenvalue weighted by Crippen LogP contribution is 2.21. The Kier molecular flexibility index (Phi) is 2.91. The molecule has 1 amide bonds. The monoisotopic (exact) mass is 264 g/mol. The maximum atomic E-state index is 13.7. The zero-order valence-corrected chi connectivity index (χ0v) is 9.50. The molecule has 2 aromatic rings. The van der Waals surface area contributed by atoms with Gasteiger partial charge >= 0.3 is 5.97 Å². The van der Waals surface area contributed by atoms with Gasteiger partial charge in [0.1, 0.15) is 11.4 Å². The second-order valence-corrected chi connectivity index (χ2v) is 3.71. The molecule has 1 aromatic heterocycles. The second kappa shape index (κ2) is 4.41. The Balaban J connectivity index is 2.57. The molecule has 0 aliphatic carbocycles. The summed E-state index contributed by atoms with van der Waals surface area (Å²) in [6, 6.07) is 3.20. The van der Waals surface area contributed by atoms with E-state index in [0.717, 1.165) is 16.8 Å². The largest absolute Gasteiger partial charge is 0.478 e. The van der Waals surface area contributed by atoms with Crippen molar-refractivity contribution in [2.45, 2.75) is 0 Å². The minimum atomic E-state index is -1.29. The van der Waals surface area contributed by atoms with Crippen LogP contribution in [-0.2, 0) is 0 Å². The van der Waals surface area contributed by atoms with E-state index in [-0.39, 0.29) is 22.6 Å². The molecule has 2 rings (SSSR count). The van der Waals surface area contributed by atoms with Crippen LogP contribution in [0.2, 0.25) is 0 Å². The number of aromatic carboxylic acids is 1. The molecule has 0 spiro atoms. The van der Waals surface area contributed by atoms with Crippen LogP contribution >= 0.6 is 0 Å². The zero-order valence-electron chi connectivity index (χ0n) is 9.50. The third-order valence-electron chi connectivity index (χ3n) is 2.44. The predicted molar refractivity (Wildman–Crippen MR) is 63.4 cm³/mol. The fourth-order valence-electron chi connectivity index (χ4n) is 1.53. The highest BCUT2D eigenvalue weighted by molar-refractivity contribution is 5.94. The van der Waals surface area contributed by atoms with Gasteiger partial charge in [-0.05, 0) is 18.2 Å². The van der Waals surface area contributed by atoms with E-state index < -0.39 is 17.7 Å². The smallest absolute Gasteiger partial charge is 0.337 e. The molecule has 0 unspecified atom stereocenters. The number of anilines is 1. The number of aromatic nitrogens is 2. The maximum Gasteiger partial charge on any atom is 0.337 e. The lowest BCUT2D eigenvalue weighted by molar-refractivity contribution is 0.0697. The van der Waals surface area contributed by atoms with Gasteiger partial charge in [0.2, 0.25) is 0 Å². The summed E-state index contributed by atoms with van der Waals surface area (Å²) >= 11 is 0. The Morgan fingerprint density at radius 2 is 2.05 bits per heavy atom. The molecule has 1 aromatic carbocycles. The topological polar surface area (TPSA) is 124 Å². The fourth-order valence-corrected chi connectivity index (χ4v) is 1.53. The van der Waals surface area contributed by atoms with Gasteiger partial charge < -0.3 is 16.6 Å². The number of nitrogens with zero attached hydrogens (tertiary/aromatic N) is 2. The number of hydrogen-bond donors (Lipinski definition) is 3. The van der Waals surface area contributed by atoms with Crippen LogP contribution in [-0.4, -0.2) is 26.8 Å². The second-order valence-electron chi connectivity index (χ2n) is 3.71. The highest BCUT2D eigenvalue weighted by atomic mass is 19.1. The molecule has 0 atom stereocenters. The van der Waals surface area contributed by atoms with Gasteiger partial charge in [-0.2, -0.15) is 5.10 Å². The maximum absolute atomic E-state index is 13.7. The van der Waals surface area contributed by atoms with Crippen molar-refractivity contribution in [3.63, 3.8) is 0 Å². The van der Waals surface area contributed by atoms with E-state index >= 15 is 0 Å². The van der Waals surface area contributed by atoms with Crippen LogP contribution < -0.4 is 11.5 Å². The van der Waals surface area contributed by atoms with Crippen LogP contribution in [0.3, 0.4) is 0 Å². The van der Waals surface area contributed by atoms with Gasteiger partial charge in [-0.1, -0.05) is 0 Å². The molecular weight excluding hydrogens is 255 g/mol. The molecule has 7 nitrogen and oxygen atoms in total. The Bertz CT molecular complexity index is 681. The van der Waals surface area contributed by atoms with Crippen LogP contribution in [0.5, 0.6) is 0 Å². The number of amides is 1. The summed E-state index contributed by atoms with van der Waals surface area (Å²) in [5, 5.41) is 12.7. The quantitative estimate of drug-likeness (QED) is 0.691. The summed E-state index contributed by atoms with van der Waals surface area (Å²) in [6.45, 7) is 0. The van der Waals surface area contributed by atoms with Gasteiger partial charge in [0.25, 0.3) is 5.91 Å². The van der Waals surface area contributed by atoms with Gasteiger partial charge in [-0.15, -0.1) is 0 Å². The van der Waals surface area contributed by atoms with Crippen molar-refractivity contribution in [1.82, 2.24) is 9.78 Å². The summed E-state index contributed by atoms with van der Waals surface area (Å²) in [5.74, 6) is -2.82. The van der Waals surface area contributed by atoms with Gasteiger partial charge in [0, 0.05) is 11.9 Å². The summed E-state index contributed by atoms with van der Waals surface area (Å²) in [4.78, 5) is 21.8. The van der Waals surface area contributed by atoms with Crippen molar-refractivity contribution in [3.05, 3.63) is 41.5 Å². The first-order valence-corrected chi connectivity index (χ1v) is 5.08. The number of halogens is 1. The number of primary amides is 1. The van der Waals surface area contributed by atoms with Crippen LogP contribution in [0.25, 0.3) is 5.69 Å². The number of hydrogen-bond acceptors (Lipinski definition) is 4. The average Bonchev–Trinajstić information content (AvgIpc) is 2.77. The number of carbonyl (C=O) groups excluding carboxylic acids is 1. The molecule has 0 aliphatic rings. The number of nitrogens with two attached hydrogens (primary N) is 2. The lowest BCUT2D eigenvalue weighted by Crippen LogP contribution is -2.13. The minimum Gasteiger partial charge on any atom is -0.478 e. The number of carbonyl (C=O) groups is 2. The summed E-state index contributed by atoms with van der Waals surface area (Å²) < 4.78 is 14.8. The molecule has 8 heteroatoms. The first-order valence-electron chi connectivity index (χ1n) is 5.08. The van der Waals surface area contributed by atoms with Crippen molar-refractivity contribution in [2.75, 3.05) is 5.73 Å². The Morgan fingerprint density at radius 3 is 2.58 bits per heavy atom. The third kappa shape index (κ3) is 2.23. The van der Waals surface area contributed by atoms with Crippen LogP contribution in [0.15, 0.2) is 24.4 Å². The standard InChI is InChI=1S/C11H9FN4O3/c12-6-4-7(13)5(11(18)19)3-9(6)16-2-1-8(15-16)10(14)17/h1-4H,13H2,(H2,14,17)(H,18,19). The normalized spacial score (nSPS) is 10.4. The van der Waals surface area contributed by atoms with E-state index in [9.17, 15) is 14.0 Å². The lowest BCUT2D eigenvalue weighted by atomic mass is 10.1. The predicted octanol–water partition coefficient (Wildman–Crippen LogP) is 0.391. The molecule has 1 heterocycles. The summed E-state index contributed by atoms with van der Waals surface area (Å²) in [6.07, 6.45) is 1.29. The Morgan fingerprint density at radius 1 is 1.37 bits per heavy atom. The van der Waals surface area contributed by atoms with Gasteiger partial charge in [0.15, 0.2) is 5.82 Å². The molecular formula is C11H9FN4O3. The van der Waals surface area contributed by atoms with Crippen molar-refractivity contribution < 1.29 is 19.1 Å². The van der Waals surface area contributed by atoms with E-state index in [4.69, 9.17) is 16.6 Å². The lowest BCUT2D eigenvalue weighted by Gasteiger charge is -2.07. The average molecular weight is 264 g/mol. The van der Waals surface area contributed by atoms with Crippen LogP contribution in [0.1, 0.15) is 20.8 Å². The number of nitrogen functional groups attached to an aromatic ring is 1. The summed E-state index contributed by atoms with van der Waals surface area (Å²) in [5.41, 5.74) is 9.76. The highest BCUT2D eigenvalue weighted by Gasteiger charge is 2.16. The van der Waals surface area contributed by atoms with Crippen molar-refractivity contribution >= 4 is 17.6 Å². The molecule has 0 radical (unpaired) electrons. The molecule has 0 bridgehead atoms. The van der Waals surface area contributed by atoms with Crippen molar-refractivity contribution in [1.29, 1.82) is 0 Å². The Hall–Kier alpha value is -2.90. The first-order chi connectivity index (χ1) is 8.90. The molecule has 19 heavy (non-hydrogen) atoms. The number of benzene rings is 1. The van der Waals surface area contributed by atoms with Gasteiger partial charge in [0.05, 0.1) is 5.56 Å². The van der Waals surface area contributed by atoms with Crippen molar-refractivity contribution in [3.8, 4) is 5.69 Å². The number of rotatable bonds is 3. The van der Waals surface area contributed by atoms with Gasteiger partial charge in [-0.25, -0.2) is 13.9 Å². The zero-order chi connectivity index (χ0) is 14.2. The molecule has 0 saturated heterocycles. The molecule has 5 N–H and O–H groups in total. The fraction of sp³-hybridized carbons (Fsp3) is 0. The molecule has 98 valence electrons. The first kappa shape index (κ1) is 12.6. The SMILES string of the molecule is NC(=O)c1ccn(-c2cc(C(=O)O)c(N)cc2F)n1. The number of carboxylic acid groups (broad SMARTS) is 1. The van der Waals surface area contributed by atoms with E-state index in [1.165, 1.54) is 12.3 Å². The van der Waals surface area contributed by atoms with E-state index in [1.54, 1.807) is 0 Å². The van der Waals surface area contributed by atoms with Crippen LogP contribution in [0, 0.1) is 5.82 Å². The van der Waals surface area contributed by atoms with Gasteiger partial charge in [-0.3, -0.25) is 4.79 Å². The Labute approximate surface area is 106 Å².